The number of carbonyl (C=O) groups excluding carboxylic acids is 2. The van der Waals surface area contributed by atoms with Gasteiger partial charge in [0.1, 0.15) is 6.54 Å². The number of thioether (sulfide) groups is 1. The minimum Gasteiger partial charge on any atom is -0.346 e. The summed E-state index contributed by atoms with van der Waals surface area (Å²) in [5.74, 6) is -1.04. The van der Waals surface area contributed by atoms with Crippen LogP contribution < -0.4 is 10.2 Å². The number of hydrogen-bond donors (Lipinski definition) is 1. The molecule has 0 spiro atoms. The maximum Gasteiger partial charge on any atom is 0.405 e. The Kier molecular flexibility index (Phi) is 5.27. The fourth-order valence-corrected chi connectivity index (χ4v) is 3.40. The predicted octanol–water partition coefficient (Wildman–Crippen LogP) is 1.82. The zero-order valence-electron chi connectivity index (χ0n) is 11.5. The van der Waals surface area contributed by atoms with Crippen LogP contribution in [0.25, 0.3) is 0 Å². The first-order valence-electron chi connectivity index (χ1n) is 6.36. The van der Waals surface area contributed by atoms with Crippen LogP contribution >= 0.6 is 23.1 Å². The molecule has 6 nitrogen and oxygen atoms in total. The molecule has 0 aliphatic heterocycles. The van der Waals surface area contributed by atoms with Crippen LogP contribution in [0.1, 0.15) is 19.8 Å². The molecule has 122 valence electrons. The van der Waals surface area contributed by atoms with Gasteiger partial charge in [-0.1, -0.05) is 23.1 Å². The van der Waals surface area contributed by atoms with Crippen molar-refractivity contribution in [1.82, 2.24) is 15.5 Å². The van der Waals surface area contributed by atoms with Gasteiger partial charge >= 0.3 is 6.18 Å². The average molecular weight is 354 g/mol. The third-order valence-corrected chi connectivity index (χ3v) is 4.72. The molecule has 1 aliphatic rings. The van der Waals surface area contributed by atoms with Crippen molar-refractivity contribution in [3.63, 3.8) is 0 Å². The van der Waals surface area contributed by atoms with Crippen molar-refractivity contribution in [1.29, 1.82) is 0 Å². The van der Waals surface area contributed by atoms with Crippen molar-refractivity contribution in [2.24, 2.45) is 0 Å². The number of halogens is 3. The zero-order chi connectivity index (χ0) is 16.3. The number of anilines is 1. The molecule has 0 radical (unpaired) electrons. The van der Waals surface area contributed by atoms with E-state index in [4.69, 9.17) is 0 Å². The molecule has 0 bridgehead atoms. The maximum atomic E-state index is 11.9. The third-order valence-electron chi connectivity index (χ3n) is 2.67. The Morgan fingerprint density at radius 2 is 2.09 bits per heavy atom. The molecular formula is C11H13F3N4O2S2. The minimum absolute atomic E-state index is 0.127. The van der Waals surface area contributed by atoms with E-state index in [1.54, 1.807) is 10.2 Å². The van der Waals surface area contributed by atoms with Gasteiger partial charge < -0.3 is 5.32 Å². The van der Waals surface area contributed by atoms with E-state index in [-0.39, 0.29) is 17.7 Å². The lowest BCUT2D eigenvalue weighted by molar-refractivity contribution is -0.136. The topological polar surface area (TPSA) is 75.2 Å². The molecule has 1 aromatic heterocycles. The average Bonchev–Trinajstić information content (AvgIpc) is 3.11. The summed E-state index contributed by atoms with van der Waals surface area (Å²) in [4.78, 5) is 24.4. The summed E-state index contributed by atoms with van der Waals surface area (Å²) in [6, 6.07) is 0.151. The second-order valence-corrected chi connectivity index (χ2v) is 6.83. The van der Waals surface area contributed by atoms with Crippen molar-refractivity contribution in [2.45, 2.75) is 36.3 Å². The quantitative estimate of drug-likeness (QED) is 0.623. The second-order valence-electron chi connectivity index (χ2n) is 4.65. The predicted molar refractivity (Wildman–Crippen MR) is 75.9 cm³/mol. The van der Waals surface area contributed by atoms with Gasteiger partial charge in [0, 0.05) is 13.0 Å². The standard InChI is InChI=1S/C11H13F3N4O2S2/c1-6(19)18(7-2-3-7)9-16-17-10(22-9)21-4-8(20)15-5-11(12,13)14/h7H,2-5H2,1H3,(H,15,20). The number of aromatic nitrogens is 2. The van der Waals surface area contributed by atoms with Gasteiger partial charge in [0.25, 0.3) is 0 Å². The summed E-state index contributed by atoms with van der Waals surface area (Å²) in [7, 11) is 0. The molecule has 0 unspecified atom stereocenters. The van der Waals surface area contributed by atoms with E-state index in [9.17, 15) is 22.8 Å². The fourth-order valence-electron chi connectivity index (χ4n) is 1.62. The monoisotopic (exact) mass is 354 g/mol. The molecular weight excluding hydrogens is 341 g/mol. The molecule has 1 fully saturated rings. The molecule has 1 heterocycles. The molecule has 1 N–H and O–H groups in total. The van der Waals surface area contributed by atoms with Gasteiger partial charge in [-0.05, 0) is 12.8 Å². The van der Waals surface area contributed by atoms with Gasteiger partial charge in [-0.15, -0.1) is 10.2 Å². The number of rotatable bonds is 6. The van der Waals surface area contributed by atoms with Crippen LogP contribution in [-0.2, 0) is 9.59 Å². The van der Waals surface area contributed by atoms with E-state index in [0.717, 1.165) is 35.9 Å². The largest absolute Gasteiger partial charge is 0.405 e. The molecule has 11 heteroatoms. The SMILES string of the molecule is CC(=O)N(c1nnc(SCC(=O)NCC(F)(F)F)s1)C1CC1. The molecule has 0 aromatic carbocycles. The fraction of sp³-hybridized carbons (Fsp3) is 0.636. The highest BCUT2D eigenvalue weighted by Gasteiger charge is 2.34. The summed E-state index contributed by atoms with van der Waals surface area (Å²) >= 11 is 2.14. The first-order valence-corrected chi connectivity index (χ1v) is 8.16. The van der Waals surface area contributed by atoms with Crippen LogP contribution in [0.2, 0.25) is 0 Å². The first-order chi connectivity index (χ1) is 10.3. The van der Waals surface area contributed by atoms with Gasteiger partial charge in [-0.3, -0.25) is 14.5 Å². The van der Waals surface area contributed by atoms with Crippen molar-refractivity contribution >= 4 is 40.0 Å². The Hall–Kier alpha value is -1.36. The highest BCUT2D eigenvalue weighted by Crippen LogP contribution is 2.35. The van der Waals surface area contributed by atoms with Gasteiger partial charge in [-0.25, -0.2) is 0 Å². The number of nitrogens with zero attached hydrogens (tertiary/aromatic N) is 3. The van der Waals surface area contributed by atoms with Crippen molar-refractivity contribution in [3.8, 4) is 0 Å². The number of hydrogen-bond acceptors (Lipinski definition) is 6. The van der Waals surface area contributed by atoms with Crippen LogP contribution in [0.4, 0.5) is 18.3 Å². The van der Waals surface area contributed by atoms with Crippen LogP contribution in [0, 0.1) is 0 Å². The van der Waals surface area contributed by atoms with E-state index in [0.29, 0.717) is 9.47 Å². The van der Waals surface area contributed by atoms with Crippen molar-refractivity contribution in [2.75, 3.05) is 17.2 Å². The van der Waals surface area contributed by atoms with Crippen LogP contribution in [0.15, 0.2) is 4.34 Å². The Morgan fingerprint density at radius 3 is 2.64 bits per heavy atom. The van der Waals surface area contributed by atoms with E-state index in [1.165, 1.54) is 6.92 Å². The first kappa shape index (κ1) is 17.0. The summed E-state index contributed by atoms with van der Waals surface area (Å²) in [6.45, 7) is 0.0880. The maximum absolute atomic E-state index is 11.9. The number of amides is 2. The van der Waals surface area contributed by atoms with E-state index in [1.807, 2.05) is 0 Å². The molecule has 1 aromatic rings. The molecule has 0 saturated heterocycles. The normalized spacial score (nSPS) is 14.7. The molecule has 1 saturated carbocycles. The highest BCUT2D eigenvalue weighted by molar-refractivity contribution is 8.01. The Morgan fingerprint density at radius 1 is 1.41 bits per heavy atom. The van der Waals surface area contributed by atoms with Crippen molar-refractivity contribution in [3.05, 3.63) is 0 Å². The molecule has 0 atom stereocenters. The minimum atomic E-state index is -4.43. The lowest BCUT2D eigenvalue weighted by atomic mass is 10.5. The lowest BCUT2D eigenvalue weighted by Crippen LogP contribution is -2.34. The van der Waals surface area contributed by atoms with Gasteiger partial charge in [0.2, 0.25) is 16.9 Å². The second kappa shape index (κ2) is 6.82. The van der Waals surface area contributed by atoms with Crippen molar-refractivity contribution < 1.29 is 22.8 Å². The zero-order valence-corrected chi connectivity index (χ0v) is 13.1. The third kappa shape index (κ3) is 5.13. The highest BCUT2D eigenvalue weighted by atomic mass is 32.2. The number of alkyl halides is 3. The summed E-state index contributed by atoms with van der Waals surface area (Å²) in [6.07, 6.45) is -2.59. The van der Waals surface area contributed by atoms with E-state index in [2.05, 4.69) is 10.2 Å². The van der Waals surface area contributed by atoms with Gasteiger partial charge in [0.05, 0.1) is 5.75 Å². The van der Waals surface area contributed by atoms with Crippen LogP contribution in [-0.4, -0.2) is 46.5 Å². The molecule has 1 aliphatic carbocycles. The summed E-state index contributed by atoms with van der Waals surface area (Å²) < 4.78 is 36.3. The molecule has 2 rings (SSSR count). The lowest BCUT2D eigenvalue weighted by Gasteiger charge is -2.15. The number of carbonyl (C=O) groups is 2. The van der Waals surface area contributed by atoms with E-state index >= 15 is 0 Å². The summed E-state index contributed by atoms with van der Waals surface area (Å²) in [5.41, 5.74) is 0. The Balaban J connectivity index is 1.84. The number of nitrogens with one attached hydrogen (secondary N) is 1. The molecule has 2 amide bonds. The van der Waals surface area contributed by atoms with Crippen LogP contribution in [0.5, 0.6) is 0 Å². The van der Waals surface area contributed by atoms with Gasteiger partial charge in [-0.2, -0.15) is 13.2 Å². The molecule has 22 heavy (non-hydrogen) atoms. The Labute approximate surface area is 132 Å². The van der Waals surface area contributed by atoms with E-state index < -0.39 is 18.6 Å². The van der Waals surface area contributed by atoms with Crippen LogP contribution in [0.3, 0.4) is 0 Å². The van der Waals surface area contributed by atoms with Gasteiger partial charge in [0.15, 0.2) is 4.34 Å². The Bertz CT molecular complexity index is 560. The summed E-state index contributed by atoms with van der Waals surface area (Å²) in [5, 5.41) is 9.98. The smallest absolute Gasteiger partial charge is 0.346 e.